The van der Waals surface area contributed by atoms with Crippen LogP contribution >= 0.6 is 0 Å². The van der Waals surface area contributed by atoms with E-state index in [-0.39, 0.29) is 5.56 Å². The fourth-order valence-corrected chi connectivity index (χ4v) is 2.96. The number of nitrogens with zero attached hydrogens (tertiary/aromatic N) is 4. The number of rotatable bonds is 5. The van der Waals surface area contributed by atoms with Gasteiger partial charge in [-0.3, -0.25) is 4.79 Å². The minimum Gasteiger partial charge on any atom is -0.368 e. The van der Waals surface area contributed by atoms with E-state index in [1.54, 1.807) is 10.7 Å². The molecule has 1 saturated heterocycles. The molecule has 2 fully saturated rings. The molecule has 1 unspecified atom stereocenters. The summed E-state index contributed by atoms with van der Waals surface area (Å²) in [7, 11) is 4.09. The summed E-state index contributed by atoms with van der Waals surface area (Å²) in [6.45, 7) is 4.66. The van der Waals surface area contributed by atoms with Crippen molar-refractivity contribution in [1.29, 1.82) is 0 Å². The van der Waals surface area contributed by atoms with Crippen molar-refractivity contribution in [2.45, 2.75) is 25.4 Å². The number of likely N-dealkylation sites (N-methyl/N-ethyl adjacent to an activating group) is 2. The van der Waals surface area contributed by atoms with Gasteiger partial charge in [0.15, 0.2) is 0 Å². The molecule has 21 heavy (non-hydrogen) atoms. The van der Waals surface area contributed by atoms with Crippen molar-refractivity contribution in [2.24, 2.45) is 5.92 Å². The highest BCUT2D eigenvalue weighted by molar-refractivity contribution is 5.43. The van der Waals surface area contributed by atoms with Crippen molar-refractivity contribution >= 4 is 5.69 Å². The van der Waals surface area contributed by atoms with E-state index >= 15 is 0 Å². The first-order valence-corrected chi connectivity index (χ1v) is 7.85. The van der Waals surface area contributed by atoms with Crippen molar-refractivity contribution in [1.82, 2.24) is 20.0 Å². The summed E-state index contributed by atoms with van der Waals surface area (Å²) < 4.78 is 1.60. The number of hydrogen-bond acceptors (Lipinski definition) is 5. The number of nitrogens with one attached hydrogen (secondary N) is 1. The van der Waals surface area contributed by atoms with Crippen LogP contribution in [0.2, 0.25) is 0 Å². The highest BCUT2D eigenvalue weighted by Crippen LogP contribution is 2.32. The first-order chi connectivity index (χ1) is 10.2. The van der Waals surface area contributed by atoms with Crippen LogP contribution in [0.5, 0.6) is 0 Å². The standard InChI is InChI=1S/C15H25N5O/c1-16-14(12-3-4-12)11-20-15(21)9-13(10-17-20)19-7-5-18(2)6-8-19/h9-10,12,14,16H,3-8,11H2,1-2H3. The lowest BCUT2D eigenvalue weighted by Gasteiger charge is -2.33. The largest absolute Gasteiger partial charge is 0.368 e. The van der Waals surface area contributed by atoms with Crippen LogP contribution < -0.4 is 15.8 Å². The molecule has 1 aromatic rings. The Morgan fingerprint density at radius 3 is 2.62 bits per heavy atom. The fourth-order valence-electron chi connectivity index (χ4n) is 2.96. The van der Waals surface area contributed by atoms with Crippen LogP contribution in [-0.4, -0.2) is 61.0 Å². The molecule has 1 N–H and O–H groups in total. The molecule has 0 amide bonds. The molecular formula is C15H25N5O. The van der Waals surface area contributed by atoms with Gasteiger partial charge in [-0.2, -0.15) is 5.10 Å². The number of piperazine rings is 1. The predicted octanol–water partition coefficient (Wildman–Crippen LogP) is -0.00690. The molecule has 1 aliphatic carbocycles. The van der Waals surface area contributed by atoms with Crippen molar-refractivity contribution in [3.8, 4) is 0 Å². The van der Waals surface area contributed by atoms with E-state index in [1.807, 2.05) is 13.2 Å². The molecule has 0 aromatic carbocycles. The molecule has 3 rings (SSSR count). The zero-order chi connectivity index (χ0) is 14.8. The zero-order valence-corrected chi connectivity index (χ0v) is 13.0. The minimum absolute atomic E-state index is 0.00679. The second kappa shape index (κ2) is 6.15. The third-order valence-electron chi connectivity index (χ3n) is 4.66. The SMILES string of the molecule is CNC(Cn1ncc(N2CCN(C)CC2)cc1=O)C1CC1. The van der Waals surface area contributed by atoms with Crippen LogP contribution in [-0.2, 0) is 6.54 Å². The molecule has 1 saturated carbocycles. The van der Waals surface area contributed by atoms with Crippen LogP contribution in [0.4, 0.5) is 5.69 Å². The van der Waals surface area contributed by atoms with Gasteiger partial charge in [0.2, 0.25) is 0 Å². The van der Waals surface area contributed by atoms with Gasteiger partial charge in [0.1, 0.15) is 0 Å². The summed E-state index contributed by atoms with van der Waals surface area (Å²) in [5.41, 5.74) is 0.962. The third-order valence-corrected chi connectivity index (χ3v) is 4.66. The molecular weight excluding hydrogens is 266 g/mol. The Hall–Kier alpha value is -1.40. The molecule has 2 heterocycles. The summed E-state index contributed by atoms with van der Waals surface area (Å²) in [4.78, 5) is 16.8. The lowest BCUT2D eigenvalue weighted by molar-refractivity contribution is 0.312. The smallest absolute Gasteiger partial charge is 0.268 e. The molecule has 0 radical (unpaired) electrons. The van der Waals surface area contributed by atoms with Crippen LogP contribution in [0.15, 0.2) is 17.1 Å². The van der Waals surface area contributed by atoms with E-state index in [1.165, 1.54) is 12.8 Å². The van der Waals surface area contributed by atoms with Crippen molar-refractivity contribution < 1.29 is 0 Å². The first-order valence-electron chi connectivity index (χ1n) is 7.85. The highest BCUT2D eigenvalue weighted by Gasteiger charge is 2.30. The van der Waals surface area contributed by atoms with E-state index in [9.17, 15) is 4.79 Å². The molecule has 0 bridgehead atoms. The van der Waals surface area contributed by atoms with Crippen molar-refractivity contribution in [3.05, 3.63) is 22.6 Å². The van der Waals surface area contributed by atoms with Crippen LogP contribution in [0.25, 0.3) is 0 Å². The van der Waals surface area contributed by atoms with Crippen molar-refractivity contribution in [3.63, 3.8) is 0 Å². The molecule has 1 aromatic heterocycles. The average Bonchev–Trinajstić information content (AvgIpc) is 3.31. The topological polar surface area (TPSA) is 53.4 Å². The van der Waals surface area contributed by atoms with Gasteiger partial charge < -0.3 is 15.1 Å². The normalized spacial score (nSPS) is 21.5. The van der Waals surface area contributed by atoms with Gasteiger partial charge in [-0.1, -0.05) is 0 Å². The van der Waals surface area contributed by atoms with Gasteiger partial charge in [0.05, 0.1) is 18.4 Å². The Morgan fingerprint density at radius 2 is 2.05 bits per heavy atom. The maximum Gasteiger partial charge on any atom is 0.268 e. The fraction of sp³-hybridized carbons (Fsp3) is 0.733. The van der Waals surface area contributed by atoms with Crippen LogP contribution in [0.1, 0.15) is 12.8 Å². The summed E-state index contributed by atoms with van der Waals surface area (Å²) in [6.07, 6.45) is 4.37. The zero-order valence-electron chi connectivity index (χ0n) is 13.0. The minimum atomic E-state index is 0.00679. The average molecular weight is 291 g/mol. The predicted molar refractivity (Wildman–Crippen MR) is 83.8 cm³/mol. The van der Waals surface area contributed by atoms with E-state index in [0.717, 1.165) is 31.9 Å². The molecule has 1 atom stereocenters. The monoisotopic (exact) mass is 291 g/mol. The quantitative estimate of drug-likeness (QED) is 0.827. The van der Waals surface area contributed by atoms with E-state index in [2.05, 4.69) is 27.3 Å². The molecule has 6 nitrogen and oxygen atoms in total. The van der Waals surface area contributed by atoms with Gasteiger partial charge in [-0.15, -0.1) is 0 Å². The first kappa shape index (κ1) is 14.5. The number of hydrogen-bond donors (Lipinski definition) is 1. The second-order valence-corrected chi connectivity index (χ2v) is 6.26. The second-order valence-electron chi connectivity index (χ2n) is 6.26. The lowest BCUT2D eigenvalue weighted by Crippen LogP contribution is -2.45. The Morgan fingerprint density at radius 1 is 1.33 bits per heavy atom. The van der Waals surface area contributed by atoms with Crippen LogP contribution in [0.3, 0.4) is 0 Å². The summed E-state index contributed by atoms with van der Waals surface area (Å²) in [6, 6.07) is 2.10. The molecule has 6 heteroatoms. The molecule has 0 spiro atoms. The maximum absolute atomic E-state index is 12.3. The van der Waals surface area contributed by atoms with E-state index < -0.39 is 0 Å². The van der Waals surface area contributed by atoms with Gasteiger partial charge in [0.25, 0.3) is 5.56 Å². The van der Waals surface area contributed by atoms with E-state index in [4.69, 9.17) is 0 Å². The lowest BCUT2D eigenvalue weighted by atomic mass is 10.2. The van der Waals surface area contributed by atoms with Gasteiger partial charge in [-0.25, -0.2) is 4.68 Å². The third kappa shape index (κ3) is 3.44. The highest BCUT2D eigenvalue weighted by atomic mass is 16.1. The van der Waals surface area contributed by atoms with Gasteiger partial charge in [0, 0.05) is 38.3 Å². The molecule has 1 aliphatic heterocycles. The summed E-state index contributed by atoms with van der Waals surface area (Å²) >= 11 is 0. The Kier molecular flexibility index (Phi) is 4.26. The Bertz CT molecular complexity index is 531. The Balaban J connectivity index is 1.69. The molecule has 2 aliphatic rings. The number of aromatic nitrogens is 2. The summed E-state index contributed by atoms with van der Waals surface area (Å²) in [5.74, 6) is 0.709. The van der Waals surface area contributed by atoms with Gasteiger partial charge >= 0.3 is 0 Å². The van der Waals surface area contributed by atoms with Gasteiger partial charge in [-0.05, 0) is 32.9 Å². The summed E-state index contributed by atoms with van der Waals surface area (Å²) in [5, 5.41) is 7.69. The maximum atomic E-state index is 12.3. The number of anilines is 1. The van der Waals surface area contributed by atoms with Crippen molar-refractivity contribution in [2.75, 3.05) is 45.2 Å². The van der Waals surface area contributed by atoms with E-state index in [0.29, 0.717) is 18.5 Å². The van der Waals surface area contributed by atoms with Crippen LogP contribution in [0, 0.1) is 5.92 Å². The Labute approximate surface area is 125 Å². The molecule has 116 valence electrons.